The first kappa shape index (κ1) is 20.4. The molecule has 30 heavy (non-hydrogen) atoms. The van der Waals surface area contributed by atoms with Gasteiger partial charge in [0.15, 0.2) is 0 Å². The number of rotatable bonds is 6. The van der Waals surface area contributed by atoms with Gasteiger partial charge in [-0.15, -0.1) is 0 Å². The van der Waals surface area contributed by atoms with Crippen LogP contribution in [-0.2, 0) is 24.7 Å². The summed E-state index contributed by atoms with van der Waals surface area (Å²) in [6.45, 7) is 2.94. The number of benzene rings is 1. The molecule has 1 amide bonds. The van der Waals surface area contributed by atoms with Crippen LogP contribution in [0, 0.1) is 0 Å². The largest absolute Gasteiger partial charge is 0.353 e. The highest BCUT2D eigenvalue weighted by molar-refractivity contribution is 5.77. The molecule has 3 aromatic rings. The van der Waals surface area contributed by atoms with E-state index in [1.807, 2.05) is 12.1 Å². The fourth-order valence-corrected chi connectivity index (χ4v) is 4.26. The molecule has 1 aromatic carbocycles. The molecule has 1 aliphatic heterocycles. The Kier molecular flexibility index (Phi) is 6.31. The molecule has 1 aliphatic rings. The minimum absolute atomic E-state index is 0.148. The van der Waals surface area contributed by atoms with Gasteiger partial charge in [0.1, 0.15) is 0 Å². The molecule has 1 unspecified atom stereocenters. The third kappa shape index (κ3) is 4.48. The molecule has 3 heterocycles. The van der Waals surface area contributed by atoms with Crippen LogP contribution < -0.4 is 0 Å². The first-order valence-corrected chi connectivity index (χ1v) is 11.0. The van der Waals surface area contributed by atoms with Crippen LogP contribution in [0.25, 0.3) is 11.4 Å². The van der Waals surface area contributed by atoms with Gasteiger partial charge < -0.3 is 14.0 Å². The van der Waals surface area contributed by atoms with Gasteiger partial charge in [-0.05, 0) is 37.0 Å². The Morgan fingerprint density at radius 1 is 1.17 bits per heavy atom. The van der Waals surface area contributed by atoms with Crippen LogP contribution >= 0.6 is 0 Å². The Hall–Kier alpha value is -2.89. The van der Waals surface area contributed by atoms with E-state index in [0.29, 0.717) is 24.6 Å². The highest BCUT2D eigenvalue weighted by atomic mass is 16.5. The molecule has 6 nitrogen and oxygen atoms in total. The standard InChI is InChI=1S/C24H30N4O2/c1-3-18-10-12-19(13-11-18)24-25-22(30-26-24)14-15-23(29)28-17-6-4-5-8-21(28)20-9-7-16-27(20)2/h7,9-13,16,21H,3-6,8,14-15,17H2,1-2H3. The van der Waals surface area contributed by atoms with E-state index < -0.39 is 0 Å². The summed E-state index contributed by atoms with van der Waals surface area (Å²) in [6.07, 6.45) is 8.31. The van der Waals surface area contributed by atoms with Crippen LogP contribution in [0.1, 0.15) is 62.2 Å². The SMILES string of the molecule is CCc1ccc(-c2noc(CCC(=O)N3CCCCCC3c3cccn3C)n2)cc1. The average Bonchev–Trinajstić information content (AvgIpc) is 3.35. The second-order valence-electron chi connectivity index (χ2n) is 8.06. The summed E-state index contributed by atoms with van der Waals surface area (Å²) in [5.74, 6) is 1.26. The zero-order chi connectivity index (χ0) is 20.9. The fraction of sp³-hybridized carbons (Fsp3) is 0.458. The van der Waals surface area contributed by atoms with Crippen LogP contribution in [-0.4, -0.2) is 32.1 Å². The minimum Gasteiger partial charge on any atom is -0.353 e. The van der Waals surface area contributed by atoms with Crippen molar-refractivity contribution >= 4 is 5.91 Å². The normalized spacial score (nSPS) is 17.1. The maximum Gasteiger partial charge on any atom is 0.227 e. The van der Waals surface area contributed by atoms with Crippen LogP contribution in [0.5, 0.6) is 0 Å². The van der Waals surface area contributed by atoms with Gasteiger partial charge in [0, 0.05) is 43.9 Å². The molecule has 1 saturated heterocycles. The average molecular weight is 407 g/mol. The Morgan fingerprint density at radius 2 is 2.00 bits per heavy atom. The number of carbonyl (C=O) groups is 1. The monoisotopic (exact) mass is 406 g/mol. The molecule has 0 bridgehead atoms. The van der Waals surface area contributed by atoms with Crippen LogP contribution in [0.4, 0.5) is 0 Å². The first-order valence-electron chi connectivity index (χ1n) is 11.0. The van der Waals surface area contributed by atoms with Crippen molar-refractivity contribution in [1.29, 1.82) is 0 Å². The van der Waals surface area contributed by atoms with Gasteiger partial charge in [0.2, 0.25) is 17.6 Å². The third-order valence-corrected chi connectivity index (χ3v) is 6.04. The number of likely N-dealkylation sites (tertiary alicyclic amines) is 1. The summed E-state index contributed by atoms with van der Waals surface area (Å²) in [7, 11) is 2.05. The second-order valence-corrected chi connectivity index (χ2v) is 8.06. The number of amides is 1. The summed E-state index contributed by atoms with van der Waals surface area (Å²) in [5, 5.41) is 4.10. The fourth-order valence-electron chi connectivity index (χ4n) is 4.26. The van der Waals surface area contributed by atoms with Crippen molar-refractivity contribution in [3.63, 3.8) is 0 Å². The minimum atomic E-state index is 0.148. The highest BCUT2D eigenvalue weighted by Gasteiger charge is 2.28. The summed E-state index contributed by atoms with van der Waals surface area (Å²) in [6, 6.07) is 12.5. The maximum atomic E-state index is 13.1. The predicted molar refractivity (Wildman–Crippen MR) is 116 cm³/mol. The van der Waals surface area contributed by atoms with E-state index in [2.05, 4.69) is 64.0 Å². The Morgan fingerprint density at radius 3 is 2.73 bits per heavy atom. The van der Waals surface area contributed by atoms with Crippen LogP contribution in [0.15, 0.2) is 47.1 Å². The molecule has 1 atom stereocenters. The summed E-state index contributed by atoms with van der Waals surface area (Å²) in [5.41, 5.74) is 3.42. The van der Waals surface area contributed by atoms with Crippen molar-refractivity contribution in [3.8, 4) is 11.4 Å². The number of hydrogen-bond acceptors (Lipinski definition) is 4. The van der Waals surface area contributed by atoms with E-state index in [4.69, 9.17) is 4.52 Å². The Labute approximate surface area is 177 Å². The van der Waals surface area contributed by atoms with Gasteiger partial charge in [0.05, 0.1) is 6.04 Å². The summed E-state index contributed by atoms with van der Waals surface area (Å²) < 4.78 is 7.55. The molecule has 0 radical (unpaired) electrons. The number of aromatic nitrogens is 3. The van der Waals surface area contributed by atoms with Gasteiger partial charge in [0.25, 0.3) is 0 Å². The summed E-state index contributed by atoms with van der Waals surface area (Å²) in [4.78, 5) is 19.7. The van der Waals surface area contributed by atoms with Gasteiger partial charge >= 0.3 is 0 Å². The third-order valence-electron chi connectivity index (χ3n) is 6.04. The van der Waals surface area contributed by atoms with Gasteiger partial charge in [-0.3, -0.25) is 4.79 Å². The molecule has 0 aliphatic carbocycles. The molecule has 158 valence electrons. The van der Waals surface area contributed by atoms with Gasteiger partial charge in [-0.25, -0.2) is 0 Å². The molecule has 1 fully saturated rings. The molecule has 2 aromatic heterocycles. The smallest absolute Gasteiger partial charge is 0.227 e. The number of hydrogen-bond donors (Lipinski definition) is 0. The van der Waals surface area contributed by atoms with Gasteiger partial charge in [-0.1, -0.05) is 49.2 Å². The number of aryl methyl sites for hydroxylation is 3. The van der Waals surface area contributed by atoms with E-state index >= 15 is 0 Å². The van der Waals surface area contributed by atoms with E-state index in [-0.39, 0.29) is 11.9 Å². The maximum absolute atomic E-state index is 13.1. The van der Waals surface area contributed by atoms with E-state index in [9.17, 15) is 4.79 Å². The molecule has 6 heteroatoms. The number of carbonyl (C=O) groups excluding carboxylic acids is 1. The Balaban J connectivity index is 1.42. The lowest BCUT2D eigenvalue weighted by atomic mass is 10.1. The van der Waals surface area contributed by atoms with Crippen molar-refractivity contribution in [2.45, 2.75) is 57.9 Å². The predicted octanol–water partition coefficient (Wildman–Crippen LogP) is 4.71. The van der Waals surface area contributed by atoms with Crippen molar-refractivity contribution in [1.82, 2.24) is 19.6 Å². The quantitative estimate of drug-likeness (QED) is 0.594. The van der Waals surface area contributed by atoms with Crippen LogP contribution in [0.3, 0.4) is 0 Å². The van der Waals surface area contributed by atoms with E-state index in [1.165, 1.54) is 17.7 Å². The molecule has 0 spiro atoms. The molecular formula is C24H30N4O2. The Bertz CT molecular complexity index is 973. The lowest BCUT2D eigenvalue weighted by Crippen LogP contribution is -2.35. The molecule has 0 N–H and O–H groups in total. The lowest BCUT2D eigenvalue weighted by molar-refractivity contribution is -0.133. The van der Waals surface area contributed by atoms with Crippen molar-refractivity contribution in [3.05, 3.63) is 59.7 Å². The van der Waals surface area contributed by atoms with E-state index in [0.717, 1.165) is 37.8 Å². The van der Waals surface area contributed by atoms with E-state index in [1.54, 1.807) is 0 Å². The first-order chi connectivity index (χ1) is 14.7. The van der Waals surface area contributed by atoms with Crippen molar-refractivity contribution < 1.29 is 9.32 Å². The molecule has 4 rings (SSSR count). The summed E-state index contributed by atoms with van der Waals surface area (Å²) >= 11 is 0. The molecular weight excluding hydrogens is 376 g/mol. The highest BCUT2D eigenvalue weighted by Crippen LogP contribution is 2.31. The zero-order valence-electron chi connectivity index (χ0n) is 17.9. The van der Waals surface area contributed by atoms with Crippen molar-refractivity contribution in [2.75, 3.05) is 6.54 Å². The number of nitrogens with zero attached hydrogens (tertiary/aromatic N) is 4. The topological polar surface area (TPSA) is 64.2 Å². The van der Waals surface area contributed by atoms with Gasteiger partial charge in [-0.2, -0.15) is 4.98 Å². The zero-order valence-corrected chi connectivity index (χ0v) is 17.9. The molecule has 0 saturated carbocycles. The second kappa shape index (κ2) is 9.28. The van der Waals surface area contributed by atoms with Crippen LogP contribution in [0.2, 0.25) is 0 Å². The van der Waals surface area contributed by atoms with Crippen molar-refractivity contribution in [2.24, 2.45) is 7.05 Å². The lowest BCUT2D eigenvalue weighted by Gasteiger charge is -2.30.